The number of carbonyl (C=O) groups excluding carboxylic acids is 2. The highest BCUT2D eigenvalue weighted by Gasteiger charge is 2.29. The minimum atomic E-state index is -4.16. The summed E-state index contributed by atoms with van der Waals surface area (Å²) >= 11 is 0. The third-order valence-electron chi connectivity index (χ3n) is 4.46. The van der Waals surface area contributed by atoms with E-state index < -0.39 is 28.4 Å². The van der Waals surface area contributed by atoms with E-state index in [0.29, 0.717) is 16.7 Å². The maximum atomic E-state index is 13.2. The van der Waals surface area contributed by atoms with E-state index in [4.69, 9.17) is 4.74 Å². The molecular formula is C22H29N3O5S. The van der Waals surface area contributed by atoms with Gasteiger partial charge in [0.1, 0.15) is 12.3 Å². The van der Waals surface area contributed by atoms with Crippen LogP contribution in [0, 0.1) is 5.92 Å². The van der Waals surface area contributed by atoms with Crippen LogP contribution >= 0.6 is 0 Å². The Bertz CT molecular complexity index is 976. The first-order valence-corrected chi connectivity index (χ1v) is 11.3. The zero-order valence-electron chi connectivity index (χ0n) is 18.2. The van der Waals surface area contributed by atoms with Gasteiger partial charge in [-0.2, -0.15) is 0 Å². The van der Waals surface area contributed by atoms with Crippen LogP contribution in [-0.4, -0.2) is 50.2 Å². The van der Waals surface area contributed by atoms with Crippen molar-refractivity contribution < 1.29 is 22.7 Å². The second kappa shape index (κ2) is 10.9. The van der Waals surface area contributed by atoms with E-state index in [1.165, 1.54) is 36.3 Å². The Balaban J connectivity index is 2.24. The Morgan fingerprint density at radius 2 is 1.65 bits per heavy atom. The average molecular weight is 448 g/mol. The van der Waals surface area contributed by atoms with Crippen molar-refractivity contribution in [3.8, 4) is 5.75 Å². The third kappa shape index (κ3) is 7.08. The molecule has 0 aliphatic rings. The highest BCUT2D eigenvalue weighted by molar-refractivity contribution is 7.89. The summed E-state index contributed by atoms with van der Waals surface area (Å²) < 4.78 is 32.1. The molecule has 0 bridgehead atoms. The van der Waals surface area contributed by atoms with Gasteiger partial charge in [-0.1, -0.05) is 44.2 Å². The van der Waals surface area contributed by atoms with E-state index in [0.717, 1.165) is 5.56 Å². The van der Waals surface area contributed by atoms with Gasteiger partial charge in [0.2, 0.25) is 11.8 Å². The van der Waals surface area contributed by atoms with Crippen molar-refractivity contribution in [1.29, 1.82) is 0 Å². The summed E-state index contributed by atoms with van der Waals surface area (Å²) in [7, 11) is -1.10. The van der Waals surface area contributed by atoms with Crippen LogP contribution in [0.5, 0.6) is 5.75 Å². The molecule has 2 aromatic rings. The fourth-order valence-corrected chi connectivity index (χ4v) is 4.04. The normalized spacial score (nSPS) is 11.4. The van der Waals surface area contributed by atoms with Gasteiger partial charge in [-0.15, -0.1) is 4.41 Å². The molecule has 0 radical (unpaired) electrons. The van der Waals surface area contributed by atoms with Crippen LogP contribution in [0.1, 0.15) is 25.8 Å². The smallest absolute Gasteiger partial charge is 0.260 e. The summed E-state index contributed by atoms with van der Waals surface area (Å²) in [6.07, 6.45) is 0.128. The molecule has 31 heavy (non-hydrogen) atoms. The van der Waals surface area contributed by atoms with Crippen LogP contribution in [0.25, 0.3) is 0 Å². The van der Waals surface area contributed by atoms with Crippen molar-refractivity contribution in [3.05, 3.63) is 60.2 Å². The highest BCUT2D eigenvalue weighted by atomic mass is 32.2. The minimum absolute atomic E-state index is 0.0296. The van der Waals surface area contributed by atoms with Crippen molar-refractivity contribution in [2.75, 3.05) is 20.7 Å². The molecule has 0 aromatic heterocycles. The molecule has 0 spiro atoms. The van der Waals surface area contributed by atoms with E-state index in [1.54, 1.807) is 7.05 Å². The molecule has 2 aromatic carbocycles. The van der Waals surface area contributed by atoms with Gasteiger partial charge in [0.25, 0.3) is 10.0 Å². The zero-order valence-corrected chi connectivity index (χ0v) is 19.1. The van der Waals surface area contributed by atoms with Gasteiger partial charge in [0, 0.05) is 20.0 Å². The van der Waals surface area contributed by atoms with Gasteiger partial charge in [-0.05, 0) is 35.7 Å². The molecular weight excluding hydrogens is 418 g/mol. The van der Waals surface area contributed by atoms with Crippen LogP contribution < -0.4 is 10.2 Å². The number of nitrogens with zero attached hydrogens (tertiary/aromatic N) is 2. The Kier molecular flexibility index (Phi) is 8.58. The third-order valence-corrected chi connectivity index (χ3v) is 6.13. The topological polar surface area (TPSA) is 96.0 Å². The van der Waals surface area contributed by atoms with Crippen molar-refractivity contribution >= 4 is 21.8 Å². The number of nitrogens with one attached hydrogen (secondary N) is 1. The predicted octanol–water partition coefficient (Wildman–Crippen LogP) is 2.42. The van der Waals surface area contributed by atoms with Gasteiger partial charge in [-0.25, -0.2) is 8.42 Å². The molecule has 0 fully saturated rings. The van der Waals surface area contributed by atoms with Gasteiger partial charge in [0.15, 0.2) is 0 Å². The molecule has 2 rings (SSSR count). The lowest BCUT2D eigenvalue weighted by atomic mass is 10.1. The molecule has 1 N–H and O–H groups in total. The predicted molar refractivity (Wildman–Crippen MR) is 117 cm³/mol. The van der Waals surface area contributed by atoms with E-state index in [9.17, 15) is 18.0 Å². The number of sulfonamides is 1. The summed E-state index contributed by atoms with van der Waals surface area (Å²) in [5.41, 5.74) is 3.30. The monoisotopic (exact) mass is 447 g/mol. The van der Waals surface area contributed by atoms with Crippen molar-refractivity contribution in [1.82, 2.24) is 14.7 Å². The zero-order chi connectivity index (χ0) is 23.0. The number of hydrogen-bond donors (Lipinski definition) is 1. The highest BCUT2D eigenvalue weighted by Crippen LogP contribution is 2.19. The van der Waals surface area contributed by atoms with Gasteiger partial charge in [0.05, 0.1) is 12.0 Å². The fourth-order valence-electron chi connectivity index (χ4n) is 2.80. The first-order chi connectivity index (χ1) is 14.6. The molecule has 2 amide bonds. The van der Waals surface area contributed by atoms with Crippen LogP contribution in [0.2, 0.25) is 0 Å². The number of methoxy groups -OCH3 is 1. The largest absolute Gasteiger partial charge is 0.497 e. The number of benzene rings is 2. The van der Waals surface area contributed by atoms with Crippen LogP contribution in [-0.2, 0) is 26.2 Å². The molecule has 0 aliphatic carbocycles. The summed E-state index contributed by atoms with van der Waals surface area (Å²) in [4.78, 5) is 26.5. The standard InChI is InChI=1S/C22H29N3O5S/c1-17(2)14-21(26)23-25(31(28,29)20-12-10-19(30-4)11-13-20)16-22(27)24(3)15-18-8-6-5-7-9-18/h5-13,17H,14-16H2,1-4H3,(H,23,26). The number of hydrazine groups is 1. The first-order valence-electron chi connectivity index (χ1n) is 9.87. The number of hydrogen-bond acceptors (Lipinski definition) is 5. The minimum Gasteiger partial charge on any atom is -0.497 e. The van der Waals surface area contributed by atoms with Crippen molar-refractivity contribution in [3.63, 3.8) is 0 Å². The number of ether oxygens (including phenoxy) is 1. The Morgan fingerprint density at radius 3 is 2.19 bits per heavy atom. The maximum Gasteiger partial charge on any atom is 0.260 e. The average Bonchev–Trinajstić information content (AvgIpc) is 2.73. The van der Waals surface area contributed by atoms with E-state index in [1.807, 2.05) is 44.2 Å². The molecule has 8 nitrogen and oxygen atoms in total. The van der Waals surface area contributed by atoms with Crippen molar-refractivity contribution in [2.45, 2.75) is 31.7 Å². The van der Waals surface area contributed by atoms with Crippen LogP contribution in [0.3, 0.4) is 0 Å². The van der Waals surface area contributed by atoms with E-state index in [-0.39, 0.29) is 17.2 Å². The van der Waals surface area contributed by atoms with Gasteiger partial charge in [-0.3, -0.25) is 15.0 Å². The Hall–Kier alpha value is -2.91. The number of likely N-dealkylation sites (N-methyl/N-ethyl adjacent to an activating group) is 1. The summed E-state index contributed by atoms with van der Waals surface area (Å²) in [5.74, 6) is -0.411. The van der Waals surface area contributed by atoms with Crippen LogP contribution in [0.4, 0.5) is 0 Å². The molecule has 0 aliphatic heterocycles. The summed E-state index contributed by atoms with van der Waals surface area (Å²) in [6.45, 7) is 3.49. The molecule has 0 atom stereocenters. The van der Waals surface area contributed by atoms with E-state index >= 15 is 0 Å². The Morgan fingerprint density at radius 1 is 1.03 bits per heavy atom. The molecule has 9 heteroatoms. The van der Waals surface area contributed by atoms with E-state index in [2.05, 4.69) is 5.43 Å². The molecule has 0 unspecified atom stereocenters. The van der Waals surface area contributed by atoms with Crippen LogP contribution in [0.15, 0.2) is 59.5 Å². The van der Waals surface area contributed by atoms with Crippen molar-refractivity contribution in [2.24, 2.45) is 5.92 Å². The molecule has 168 valence electrons. The SMILES string of the molecule is COc1ccc(S(=O)(=O)N(CC(=O)N(C)Cc2ccccc2)NC(=O)CC(C)C)cc1. The quantitative estimate of drug-likeness (QED) is 0.565. The maximum absolute atomic E-state index is 13.2. The summed E-state index contributed by atoms with van der Waals surface area (Å²) in [6, 6.07) is 15.1. The van der Waals surface area contributed by atoms with Gasteiger partial charge >= 0.3 is 0 Å². The first kappa shape index (κ1) is 24.4. The second-order valence-electron chi connectivity index (χ2n) is 7.56. The lowest BCUT2D eigenvalue weighted by Gasteiger charge is -2.25. The Labute approximate surface area is 183 Å². The number of carbonyl (C=O) groups is 2. The second-order valence-corrected chi connectivity index (χ2v) is 9.42. The van der Waals surface area contributed by atoms with Gasteiger partial charge < -0.3 is 9.64 Å². The number of amides is 2. The molecule has 0 saturated heterocycles. The lowest BCUT2D eigenvalue weighted by Crippen LogP contribution is -2.50. The fraction of sp³-hybridized carbons (Fsp3) is 0.364. The number of rotatable bonds is 10. The lowest BCUT2D eigenvalue weighted by molar-refractivity contribution is -0.132. The summed E-state index contributed by atoms with van der Waals surface area (Å²) in [5, 5.41) is 0. The molecule has 0 saturated carbocycles. The molecule has 0 heterocycles.